The van der Waals surface area contributed by atoms with E-state index < -0.39 is 5.97 Å². The molecule has 0 spiro atoms. The number of hydrogen-bond donors (Lipinski definition) is 1. The third kappa shape index (κ3) is 3.55. The number of rotatable bonds is 6. The minimum atomic E-state index is -0.695. The Bertz CT molecular complexity index is 590. The van der Waals surface area contributed by atoms with Gasteiger partial charge in [0.05, 0.1) is 18.6 Å². The Labute approximate surface area is 136 Å². The standard InChI is InChI=1S/C18H23NO4/c1-11(2)23-10-12-3-5-13(6-4-12)17(20)19-8-14(9-19)15-7-16(15)18(21)22/h3-6,11,14-16H,7-10H2,1-2H3,(H,21,22)/t15-,16+/m0/s1. The molecule has 2 atom stereocenters. The van der Waals surface area contributed by atoms with Crippen molar-refractivity contribution in [1.29, 1.82) is 0 Å². The lowest BCUT2D eigenvalue weighted by Crippen LogP contribution is -2.51. The van der Waals surface area contributed by atoms with Gasteiger partial charge in [0.25, 0.3) is 5.91 Å². The number of aliphatic carboxylic acids is 1. The largest absolute Gasteiger partial charge is 0.481 e. The summed E-state index contributed by atoms with van der Waals surface area (Å²) in [6.07, 6.45) is 0.957. The average molecular weight is 317 g/mol. The van der Waals surface area contributed by atoms with Gasteiger partial charge in [-0.05, 0) is 49.8 Å². The highest BCUT2D eigenvalue weighted by atomic mass is 16.5. The number of amides is 1. The molecule has 5 nitrogen and oxygen atoms in total. The molecule has 1 aromatic rings. The summed E-state index contributed by atoms with van der Waals surface area (Å²) in [5.41, 5.74) is 1.74. The lowest BCUT2D eigenvalue weighted by Gasteiger charge is -2.39. The Hall–Kier alpha value is -1.88. The number of carboxylic acids is 1. The Kier molecular flexibility index (Phi) is 4.39. The van der Waals surface area contributed by atoms with Gasteiger partial charge < -0.3 is 14.7 Å². The maximum atomic E-state index is 12.4. The lowest BCUT2D eigenvalue weighted by atomic mass is 9.92. The zero-order valence-electron chi connectivity index (χ0n) is 13.6. The van der Waals surface area contributed by atoms with Crippen molar-refractivity contribution in [3.05, 3.63) is 35.4 Å². The SMILES string of the molecule is CC(C)OCc1ccc(C(=O)N2CC([C@@H]3C[C@H]3C(=O)O)C2)cc1. The summed E-state index contributed by atoms with van der Waals surface area (Å²) >= 11 is 0. The van der Waals surface area contributed by atoms with Crippen molar-refractivity contribution in [2.75, 3.05) is 13.1 Å². The van der Waals surface area contributed by atoms with E-state index in [0.717, 1.165) is 12.0 Å². The van der Waals surface area contributed by atoms with Gasteiger partial charge in [-0.2, -0.15) is 0 Å². The van der Waals surface area contributed by atoms with Gasteiger partial charge in [0.1, 0.15) is 0 Å². The summed E-state index contributed by atoms with van der Waals surface area (Å²) in [7, 11) is 0. The molecule has 1 aliphatic carbocycles. The van der Waals surface area contributed by atoms with Crippen LogP contribution in [0.2, 0.25) is 0 Å². The molecule has 2 fully saturated rings. The molecule has 1 amide bonds. The number of carbonyl (C=O) groups is 2. The van der Waals surface area contributed by atoms with Crippen LogP contribution >= 0.6 is 0 Å². The summed E-state index contributed by atoms with van der Waals surface area (Å²) in [5.74, 6) is -0.215. The van der Waals surface area contributed by atoms with Crippen LogP contribution in [0, 0.1) is 17.8 Å². The molecule has 2 aliphatic rings. The van der Waals surface area contributed by atoms with E-state index in [4.69, 9.17) is 9.84 Å². The van der Waals surface area contributed by atoms with E-state index in [1.54, 1.807) is 0 Å². The van der Waals surface area contributed by atoms with E-state index in [2.05, 4.69) is 0 Å². The Balaban J connectivity index is 1.49. The van der Waals surface area contributed by atoms with Crippen LogP contribution in [0.15, 0.2) is 24.3 Å². The summed E-state index contributed by atoms with van der Waals surface area (Å²) in [6.45, 7) is 5.91. The van der Waals surface area contributed by atoms with Crippen LogP contribution in [-0.2, 0) is 16.1 Å². The van der Waals surface area contributed by atoms with Gasteiger partial charge in [0.15, 0.2) is 0 Å². The van der Waals surface area contributed by atoms with E-state index in [1.165, 1.54) is 0 Å². The molecule has 1 N–H and O–H groups in total. The highest BCUT2D eigenvalue weighted by Crippen LogP contribution is 2.47. The molecule has 124 valence electrons. The van der Waals surface area contributed by atoms with Crippen LogP contribution in [0.5, 0.6) is 0 Å². The van der Waals surface area contributed by atoms with Gasteiger partial charge in [-0.3, -0.25) is 9.59 Å². The fourth-order valence-electron chi connectivity index (χ4n) is 3.16. The summed E-state index contributed by atoms with van der Waals surface area (Å²) in [6, 6.07) is 7.53. The number of nitrogens with zero attached hydrogens (tertiary/aromatic N) is 1. The van der Waals surface area contributed by atoms with E-state index in [0.29, 0.717) is 31.2 Å². The summed E-state index contributed by atoms with van der Waals surface area (Å²) < 4.78 is 5.54. The smallest absolute Gasteiger partial charge is 0.306 e. The molecule has 0 radical (unpaired) electrons. The quantitative estimate of drug-likeness (QED) is 0.875. The van der Waals surface area contributed by atoms with E-state index in [1.807, 2.05) is 43.0 Å². The fraction of sp³-hybridized carbons (Fsp3) is 0.556. The second-order valence-corrected chi connectivity index (χ2v) is 6.87. The van der Waals surface area contributed by atoms with Crippen LogP contribution < -0.4 is 0 Å². The maximum absolute atomic E-state index is 12.4. The first-order valence-corrected chi connectivity index (χ1v) is 8.18. The summed E-state index contributed by atoms with van der Waals surface area (Å²) in [5, 5.41) is 8.96. The number of ether oxygens (including phenoxy) is 1. The molecule has 1 saturated heterocycles. The highest BCUT2D eigenvalue weighted by Gasteiger charge is 2.51. The van der Waals surface area contributed by atoms with Gasteiger partial charge in [0.2, 0.25) is 0 Å². The second kappa shape index (κ2) is 6.32. The van der Waals surface area contributed by atoms with Crippen LogP contribution in [0.1, 0.15) is 36.2 Å². The number of benzene rings is 1. The topological polar surface area (TPSA) is 66.8 Å². The molecule has 23 heavy (non-hydrogen) atoms. The Morgan fingerprint density at radius 2 is 1.91 bits per heavy atom. The molecule has 0 unspecified atom stereocenters. The van der Waals surface area contributed by atoms with Crippen LogP contribution in [0.25, 0.3) is 0 Å². The third-order valence-electron chi connectivity index (χ3n) is 4.74. The maximum Gasteiger partial charge on any atom is 0.306 e. The van der Waals surface area contributed by atoms with Crippen LogP contribution in [0.4, 0.5) is 0 Å². The Morgan fingerprint density at radius 1 is 1.26 bits per heavy atom. The second-order valence-electron chi connectivity index (χ2n) is 6.87. The highest BCUT2D eigenvalue weighted by molar-refractivity contribution is 5.94. The third-order valence-corrected chi connectivity index (χ3v) is 4.74. The molecule has 3 rings (SSSR count). The monoisotopic (exact) mass is 317 g/mol. The number of carboxylic acid groups (broad SMARTS) is 1. The molecular formula is C18H23NO4. The van der Waals surface area contributed by atoms with Crippen LogP contribution in [0.3, 0.4) is 0 Å². The van der Waals surface area contributed by atoms with Gasteiger partial charge >= 0.3 is 5.97 Å². The lowest BCUT2D eigenvalue weighted by molar-refractivity contribution is -0.139. The minimum Gasteiger partial charge on any atom is -0.481 e. The first-order chi connectivity index (χ1) is 11.0. The Morgan fingerprint density at radius 3 is 2.43 bits per heavy atom. The molecule has 1 heterocycles. The van der Waals surface area contributed by atoms with E-state index in [9.17, 15) is 9.59 Å². The minimum absolute atomic E-state index is 0.0325. The van der Waals surface area contributed by atoms with Crippen molar-refractivity contribution in [2.45, 2.75) is 33.0 Å². The predicted molar refractivity (Wildman–Crippen MR) is 85.0 cm³/mol. The van der Waals surface area contributed by atoms with Crippen molar-refractivity contribution >= 4 is 11.9 Å². The number of likely N-dealkylation sites (tertiary alicyclic amines) is 1. The van der Waals surface area contributed by atoms with Crippen molar-refractivity contribution in [2.24, 2.45) is 17.8 Å². The van der Waals surface area contributed by atoms with Gasteiger partial charge in [-0.25, -0.2) is 0 Å². The zero-order valence-corrected chi connectivity index (χ0v) is 13.6. The van der Waals surface area contributed by atoms with Gasteiger partial charge in [-0.1, -0.05) is 12.1 Å². The van der Waals surface area contributed by atoms with Crippen molar-refractivity contribution < 1.29 is 19.4 Å². The predicted octanol–water partition coefficient (Wildman–Crippen LogP) is 2.40. The normalized spacial score (nSPS) is 23.7. The molecule has 1 aliphatic heterocycles. The zero-order chi connectivity index (χ0) is 16.6. The molecular weight excluding hydrogens is 294 g/mol. The average Bonchev–Trinajstić information content (AvgIpc) is 3.24. The molecule has 5 heteroatoms. The van der Waals surface area contributed by atoms with Crippen molar-refractivity contribution in [3.63, 3.8) is 0 Å². The number of hydrogen-bond acceptors (Lipinski definition) is 3. The molecule has 1 aromatic carbocycles. The first-order valence-electron chi connectivity index (χ1n) is 8.18. The fourth-order valence-corrected chi connectivity index (χ4v) is 3.16. The first kappa shape index (κ1) is 16.0. The van der Waals surface area contributed by atoms with E-state index >= 15 is 0 Å². The van der Waals surface area contributed by atoms with Crippen molar-refractivity contribution in [1.82, 2.24) is 4.90 Å². The van der Waals surface area contributed by atoms with Gasteiger partial charge in [-0.15, -0.1) is 0 Å². The summed E-state index contributed by atoms with van der Waals surface area (Å²) in [4.78, 5) is 25.1. The van der Waals surface area contributed by atoms with E-state index in [-0.39, 0.29) is 23.8 Å². The number of carbonyl (C=O) groups excluding carboxylic acids is 1. The van der Waals surface area contributed by atoms with Crippen molar-refractivity contribution in [3.8, 4) is 0 Å². The molecule has 1 saturated carbocycles. The molecule has 0 bridgehead atoms. The molecule has 0 aromatic heterocycles. The van der Waals surface area contributed by atoms with Crippen LogP contribution in [-0.4, -0.2) is 41.1 Å². The van der Waals surface area contributed by atoms with Gasteiger partial charge in [0, 0.05) is 18.7 Å².